The van der Waals surface area contributed by atoms with Crippen molar-refractivity contribution >= 4 is 35.1 Å². The van der Waals surface area contributed by atoms with Gasteiger partial charge in [-0.05, 0) is 29.2 Å². The molecule has 1 N–H and O–H groups in total. The second-order valence-corrected chi connectivity index (χ2v) is 6.68. The summed E-state index contributed by atoms with van der Waals surface area (Å²) in [5.74, 6) is 1.02. The van der Waals surface area contributed by atoms with Crippen molar-refractivity contribution < 1.29 is 4.79 Å². The second kappa shape index (κ2) is 7.85. The SMILES string of the molecule is O=C(Cc1ccccn1)Nc1nsc(SCc2ccccc2)n1. The van der Waals surface area contributed by atoms with Crippen molar-refractivity contribution in [1.29, 1.82) is 0 Å². The molecule has 2 aromatic heterocycles. The third-order valence-corrected chi connectivity index (χ3v) is 4.84. The van der Waals surface area contributed by atoms with E-state index in [1.165, 1.54) is 17.1 Å². The fourth-order valence-corrected chi connectivity index (χ4v) is 3.39. The van der Waals surface area contributed by atoms with Crippen molar-refractivity contribution in [3.05, 3.63) is 66.0 Å². The van der Waals surface area contributed by atoms with Gasteiger partial charge in [0.2, 0.25) is 11.9 Å². The molecule has 1 amide bonds. The van der Waals surface area contributed by atoms with Gasteiger partial charge in [0.15, 0.2) is 4.34 Å². The molecule has 0 aliphatic carbocycles. The lowest BCUT2D eigenvalue weighted by atomic mass is 10.2. The maximum atomic E-state index is 11.9. The van der Waals surface area contributed by atoms with Crippen molar-refractivity contribution in [2.24, 2.45) is 0 Å². The Morgan fingerprint density at radius 2 is 1.96 bits per heavy atom. The molecule has 3 rings (SSSR count). The first kappa shape index (κ1) is 15.6. The molecule has 0 bridgehead atoms. The van der Waals surface area contributed by atoms with Crippen LogP contribution in [0, 0.1) is 0 Å². The first-order valence-corrected chi connectivity index (χ1v) is 8.76. The van der Waals surface area contributed by atoms with Crippen LogP contribution in [0.1, 0.15) is 11.3 Å². The van der Waals surface area contributed by atoms with Gasteiger partial charge in [-0.15, -0.1) is 0 Å². The number of benzene rings is 1. The average Bonchev–Trinajstić information content (AvgIpc) is 3.02. The first-order valence-electron chi connectivity index (χ1n) is 7.00. The summed E-state index contributed by atoms with van der Waals surface area (Å²) < 4.78 is 5.00. The van der Waals surface area contributed by atoms with Gasteiger partial charge in [-0.3, -0.25) is 15.1 Å². The van der Waals surface area contributed by atoms with E-state index in [-0.39, 0.29) is 12.3 Å². The van der Waals surface area contributed by atoms with Gasteiger partial charge in [0.05, 0.1) is 6.42 Å². The fourth-order valence-electron chi connectivity index (χ4n) is 1.87. The van der Waals surface area contributed by atoms with E-state index in [9.17, 15) is 4.79 Å². The Hall–Kier alpha value is -2.25. The fraction of sp³-hybridized carbons (Fsp3) is 0.125. The minimum Gasteiger partial charge on any atom is -0.293 e. The Bertz CT molecular complexity index is 762. The van der Waals surface area contributed by atoms with Crippen LogP contribution in [0.5, 0.6) is 0 Å². The zero-order valence-electron chi connectivity index (χ0n) is 12.2. The van der Waals surface area contributed by atoms with Gasteiger partial charge in [0.25, 0.3) is 0 Å². The van der Waals surface area contributed by atoms with E-state index in [1.54, 1.807) is 18.0 Å². The zero-order chi connectivity index (χ0) is 15.9. The van der Waals surface area contributed by atoms with Gasteiger partial charge in [-0.1, -0.05) is 48.2 Å². The Morgan fingerprint density at radius 3 is 2.74 bits per heavy atom. The third-order valence-electron chi connectivity index (χ3n) is 2.93. The van der Waals surface area contributed by atoms with Crippen LogP contribution in [0.2, 0.25) is 0 Å². The van der Waals surface area contributed by atoms with E-state index in [0.717, 1.165) is 15.8 Å². The molecule has 116 valence electrons. The molecule has 0 spiro atoms. The molecule has 5 nitrogen and oxygen atoms in total. The van der Waals surface area contributed by atoms with E-state index in [0.29, 0.717) is 5.95 Å². The van der Waals surface area contributed by atoms with Crippen molar-refractivity contribution in [3.63, 3.8) is 0 Å². The number of hydrogen-bond acceptors (Lipinski definition) is 6. The number of nitrogens with one attached hydrogen (secondary N) is 1. The smallest absolute Gasteiger partial charge is 0.242 e. The van der Waals surface area contributed by atoms with E-state index in [1.807, 2.05) is 36.4 Å². The lowest BCUT2D eigenvalue weighted by Crippen LogP contribution is -2.15. The van der Waals surface area contributed by atoms with E-state index >= 15 is 0 Å². The van der Waals surface area contributed by atoms with E-state index in [4.69, 9.17) is 0 Å². The summed E-state index contributed by atoms with van der Waals surface area (Å²) in [6.45, 7) is 0. The van der Waals surface area contributed by atoms with Crippen molar-refractivity contribution in [2.45, 2.75) is 16.5 Å². The highest BCUT2D eigenvalue weighted by Gasteiger charge is 2.10. The van der Waals surface area contributed by atoms with Crippen LogP contribution in [0.3, 0.4) is 0 Å². The van der Waals surface area contributed by atoms with Crippen LogP contribution >= 0.6 is 23.3 Å². The van der Waals surface area contributed by atoms with Crippen LogP contribution in [-0.2, 0) is 17.0 Å². The lowest BCUT2D eigenvalue weighted by molar-refractivity contribution is -0.115. The number of rotatable bonds is 6. The molecule has 0 aliphatic heterocycles. The Balaban J connectivity index is 1.52. The van der Waals surface area contributed by atoms with Crippen molar-refractivity contribution in [3.8, 4) is 0 Å². The van der Waals surface area contributed by atoms with E-state index in [2.05, 4.69) is 31.8 Å². The molecular formula is C16H14N4OS2. The summed E-state index contributed by atoms with van der Waals surface area (Å²) in [5.41, 5.74) is 1.95. The summed E-state index contributed by atoms with van der Waals surface area (Å²) >= 11 is 2.90. The second-order valence-electron chi connectivity index (χ2n) is 4.70. The van der Waals surface area contributed by atoms with Crippen molar-refractivity contribution in [1.82, 2.24) is 14.3 Å². The molecule has 0 fully saturated rings. The molecule has 1 aromatic carbocycles. The van der Waals surface area contributed by atoms with Gasteiger partial charge in [-0.25, -0.2) is 0 Å². The molecule has 0 unspecified atom stereocenters. The lowest BCUT2D eigenvalue weighted by Gasteiger charge is -2.00. The van der Waals surface area contributed by atoms with Gasteiger partial charge in [-0.2, -0.15) is 9.36 Å². The molecule has 23 heavy (non-hydrogen) atoms. The topological polar surface area (TPSA) is 67.8 Å². The minimum absolute atomic E-state index is 0.166. The van der Waals surface area contributed by atoms with Gasteiger partial charge in [0.1, 0.15) is 0 Å². The van der Waals surface area contributed by atoms with E-state index < -0.39 is 0 Å². The van der Waals surface area contributed by atoms with Crippen LogP contribution < -0.4 is 5.32 Å². The minimum atomic E-state index is -0.166. The molecule has 0 radical (unpaired) electrons. The number of hydrogen-bond donors (Lipinski definition) is 1. The molecule has 7 heteroatoms. The Kier molecular flexibility index (Phi) is 5.33. The Labute approximate surface area is 142 Å². The number of carbonyl (C=O) groups is 1. The number of anilines is 1. The van der Waals surface area contributed by atoms with Crippen LogP contribution in [0.4, 0.5) is 5.95 Å². The van der Waals surface area contributed by atoms with Gasteiger partial charge >= 0.3 is 0 Å². The molecular weight excluding hydrogens is 328 g/mol. The highest BCUT2D eigenvalue weighted by molar-refractivity contribution is 8.00. The molecule has 0 saturated carbocycles. The van der Waals surface area contributed by atoms with Gasteiger partial charge < -0.3 is 0 Å². The summed E-state index contributed by atoms with van der Waals surface area (Å²) in [5, 5.41) is 2.70. The summed E-state index contributed by atoms with van der Waals surface area (Å²) in [4.78, 5) is 20.4. The molecule has 0 aliphatic rings. The maximum absolute atomic E-state index is 11.9. The number of amides is 1. The Morgan fingerprint density at radius 1 is 1.13 bits per heavy atom. The summed E-state index contributed by atoms with van der Waals surface area (Å²) in [7, 11) is 0. The van der Waals surface area contributed by atoms with Crippen LogP contribution in [0.25, 0.3) is 0 Å². The molecule has 2 heterocycles. The molecule has 0 saturated heterocycles. The summed E-state index contributed by atoms with van der Waals surface area (Å²) in [6.07, 6.45) is 1.88. The number of thioether (sulfide) groups is 1. The first-order chi connectivity index (χ1) is 11.3. The predicted octanol–water partition coefficient (Wildman–Crippen LogP) is 3.41. The van der Waals surface area contributed by atoms with Gasteiger partial charge in [0, 0.05) is 17.6 Å². The number of pyridine rings is 1. The standard InChI is InChI=1S/C16H14N4OS2/c21-14(10-13-8-4-5-9-17-13)18-15-19-16(23-20-15)22-11-12-6-2-1-3-7-12/h1-9H,10-11H2,(H,18,20,21). The maximum Gasteiger partial charge on any atom is 0.242 e. The molecule has 3 aromatic rings. The third kappa shape index (κ3) is 4.87. The number of carbonyl (C=O) groups excluding carboxylic acids is 1. The zero-order valence-corrected chi connectivity index (χ0v) is 13.8. The number of nitrogens with zero attached hydrogens (tertiary/aromatic N) is 3. The molecule has 0 atom stereocenters. The largest absolute Gasteiger partial charge is 0.293 e. The summed E-state index contributed by atoms with van der Waals surface area (Å²) in [6, 6.07) is 15.7. The van der Waals surface area contributed by atoms with Crippen LogP contribution in [0.15, 0.2) is 59.1 Å². The monoisotopic (exact) mass is 342 g/mol. The normalized spacial score (nSPS) is 10.4. The highest BCUT2D eigenvalue weighted by atomic mass is 32.2. The van der Waals surface area contributed by atoms with Crippen LogP contribution in [-0.4, -0.2) is 20.2 Å². The average molecular weight is 342 g/mol. The quantitative estimate of drug-likeness (QED) is 0.695. The highest BCUT2D eigenvalue weighted by Crippen LogP contribution is 2.25. The predicted molar refractivity (Wildman–Crippen MR) is 92.5 cm³/mol. The van der Waals surface area contributed by atoms with Crippen molar-refractivity contribution in [2.75, 3.05) is 5.32 Å². The number of aromatic nitrogens is 3.